The van der Waals surface area contributed by atoms with Gasteiger partial charge in [0.15, 0.2) is 0 Å². The average molecular weight is 433 g/mol. The first kappa shape index (κ1) is 30.3. The van der Waals surface area contributed by atoms with Crippen LogP contribution in [0.2, 0.25) is 0 Å². The summed E-state index contributed by atoms with van der Waals surface area (Å²) in [5.41, 5.74) is 0. The van der Waals surface area contributed by atoms with Gasteiger partial charge in [-0.25, -0.2) is 0 Å². The Morgan fingerprint density at radius 3 is 1.10 bits per heavy atom. The van der Waals surface area contributed by atoms with Crippen molar-refractivity contribution in [1.82, 2.24) is 0 Å². The molecule has 1 aromatic carbocycles. The molecule has 0 saturated carbocycles. The van der Waals surface area contributed by atoms with Gasteiger partial charge in [0.1, 0.15) is 13.6 Å². The molecule has 0 aliphatic carbocycles. The van der Waals surface area contributed by atoms with Crippen molar-refractivity contribution in [3.05, 3.63) is 30.3 Å². The van der Waals surface area contributed by atoms with E-state index in [0.29, 0.717) is 0 Å². The first-order chi connectivity index (χ1) is 13.6. The van der Waals surface area contributed by atoms with E-state index in [2.05, 4.69) is 59.9 Å². The lowest BCUT2D eigenvalue weighted by atomic mass is 10.3. The van der Waals surface area contributed by atoms with E-state index in [4.69, 9.17) is 0 Å². The molecule has 6 nitrogen and oxygen atoms in total. The van der Waals surface area contributed by atoms with Gasteiger partial charge < -0.3 is 27.8 Å². The SMILES string of the molecule is CC[N+](CC)(CC)CC.CC[N+](CC)(CC)CC.O=P([O-])([O-])Oc1ccccc1. The zero-order valence-electron chi connectivity index (χ0n) is 20.0. The third-order valence-electron chi connectivity index (χ3n) is 6.33. The van der Waals surface area contributed by atoms with Crippen molar-refractivity contribution in [2.75, 3.05) is 52.4 Å². The molecular weight excluding hydrogens is 387 g/mol. The molecule has 0 fully saturated rings. The number of para-hydroxylation sites is 1. The fourth-order valence-corrected chi connectivity index (χ4v) is 3.67. The van der Waals surface area contributed by atoms with Crippen LogP contribution in [0.1, 0.15) is 55.4 Å². The standard InChI is InChI=1S/2C8H20N.C6H7O4P/c2*1-5-9(6-2,7-3)8-4;7-11(8,9)10-6-4-2-1-3-5-6/h2*5-8H2,1-4H3;1-5H,(H2,7,8,9)/q2*+1;/p-2. The first-order valence-electron chi connectivity index (χ1n) is 11.0. The number of hydrogen-bond acceptors (Lipinski definition) is 4. The lowest BCUT2D eigenvalue weighted by Gasteiger charge is -2.34. The molecule has 29 heavy (non-hydrogen) atoms. The van der Waals surface area contributed by atoms with Gasteiger partial charge in [0.2, 0.25) is 0 Å². The zero-order chi connectivity index (χ0) is 23.0. The lowest BCUT2D eigenvalue weighted by Crippen LogP contribution is -2.47. The fraction of sp³-hybridized carbons (Fsp3) is 0.727. The normalized spacial score (nSPS) is 11.7. The maximum absolute atomic E-state index is 10.1. The van der Waals surface area contributed by atoms with Crippen LogP contribution in [-0.2, 0) is 4.57 Å². The summed E-state index contributed by atoms with van der Waals surface area (Å²) in [5.74, 6) is 0.0424. The molecule has 0 aliphatic rings. The van der Waals surface area contributed by atoms with Crippen molar-refractivity contribution < 1.29 is 27.8 Å². The molecule has 1 aromatic rings. The second-order valence-electron chi connectivity index (χ2n) is 7.06. The lowest BCUT2D eigenvalue weighted by molar-refractivity contribution is -0.921. The summed E-state index contributed by atoms with van der Waals surface area (Å²) < 4.78 is 16.7. The van der Waals surface area contributed by atoms with E-state index in [1.807, 2.05) is 0 Å². The molecule has 0 atom stereocenters. The highest BCUT2D eigenvalue weighted by molar-refractivity contribution is 7.43. The second-order valence-corrected chi connectivity index (χ2v) is 8.14. The number of nitrogens with zero attached hydrogens (tertiary/aromatic N) is 2. The Bertz CT molecular complexity index is 486. The molecule has 0 amide bonds. The van der Waals surface area contributed by atoms with Crippen molar-refractivity contribution in [2.24, 2.45) is 0 Å². The van der Waals surface area contributed by atoms with E-state index in [0.717, 1.165) is 0 Å². The zero-order valence-corrected chi connectivity index (χ0v) is 20.9. The number of phosphoric acid groups is 1. The smallest absolute Gasteiger partial charge is 0.124 e. The van der Waals surface area contributed by atoms with Crippen LogP contribution in [0.3, 0.4) is 0 Å². The van der Waals surface area contributed by atoms with E-state index in [9.17, 15) is 14.4 Å². The summed E-state index contributed by atoms with van der Waals surface area (Å²) in [5, 5.41) is 0. The Kier molecular flexibility index (Phi) is 16.6. The Balaban J connectivity index is 0. The third-order valence-corrected chi connectivity index (χ3v) is 6.76. The van der Waals surface area contributed by atoms with Crippen molar-refractivity contribution in [1.29, 1.82) is 0 Å². The van der Waals surface area contributed by atoms with E-state index < -0.39 is 7.82 Å². The van der Waals surface area contributed by atoms with Crippen LogP contribution in [0.15, 0.2) is 30.3 Å². The van der Waals surface area contributed by atoms with E-state index >= 15 is 0 Å². The van der Waals surface area contributed by atoms with Crippen LogP contribution in [0.25, 0.3) is 0 Å². The van der Waals surface area contributed by atoms with E-state index in [-0.39, 0.29) is 5.75 Å². The van der Waals surface area contributed by atoms with Crippen molar-refractivity contribution in [3.8, 4) is 5.75 Å². The van der Waals surface area contributed by atoms with Crippen molar-refractivity contribution in [3.63, 3.8) is 0 Å². The predicted molar refractivity (Wildman–Crippen MR) is 120 cm³/mol. The molecule has 0 heterocycles. The number of benzene rings is 1. The van der Waals surface area contributed by atoms with Crippen molar-refractivity contribution >= 4 is 7.82 Å². The van der Waals surface area contributed by atoms with Gasteiger partial charge in [-0.3, -0.25) is 0 Å². The summed E-state index contributed by atoms with van der Waals surface area (Å²) in [7, 11) is -4.89. The summed E-state index contributed by atoms with van der Waals surface area (Å²) >= 11 is 0. The molecule has 0 radical (unpaired) electrons. The highest BCUT2D eigenvalue weighted by atomic mass is 31.2. The highest BCUT2D eigenvalue weighted by Crippen LogP contribution is 2.28. The minimum atomic E-state index is -4.89. The summed E-state index contributed by atoms with van der Waals surface area (Å²) in [4.78, 5) is 20.1. The van der Waals surface area contributed by atoms with Crippen molar-refractivity contribution in [2.45, 2.75) is 55.4 Å². The maximum atomic E-state index is 10.1. The molecule has 0 saturated heterocycles. The quantitative estimate of drug-likeness (QED) is 0.418. The Labute approximate surface area is 179 Å². The maximum Gasteiger partial charge on any atom is 0.124 e. The van der Waals surface area contributed by atoms with Gasteiger partial charge in [0.05, 0.1) is 52.4 Å². The minimum absolute atomic E-state index is 0.0424. The molecule has 0 N–H and O–H groups in total. The van der Waals surface area contributed by atoms with Crippen LogP contribution in [0.5, 0.6) is 5.75 Å². The number of phosphoric ester groups is 1. The van der Waals surface area contributed by atoms with Crippen LogP contribution >= 0.6 is 7.82 Å². The molecule has 0 aliphatic heterocycles. The van der Waals surface area contributed by atoms with E-state index in [1.165, 1.54) is 73.5 Å². The van der Waals surface area contributed by atoms with Crippen LogP contribution in [-0.4, -0.2) is 61.3 Å². The molecule has 1 rings (SSSR count). The van der Waals surface area contributed by atoms with Crippen LogP contribution in [0.4, 0.5) is 0 Å². The van der Waals surface area contributed by atoms with Crippen LogP contribution in [0, 0.1) is 0 Å². The summed E-state index contributed by atoms with van der Waals surface area (Å²) in [6, 6.07) is 7.62. The fourth-order valence-electron chi connectivity index (χ4n) is 3.29. The molecule has 0 unspecified atom stereocenters. The second kappa shape index (κ2) is 15.9. The molecular formula is C22H45N2O4P. The minimum Gasteiger partial charge on any atom is -0.780 e. The first-order valence-corrected chi connectivity index (χ1v) is 12.5. The topological polar surface area (TPSA) is 72.4 Å². The third kappa shape index (κ3) is 13.1. The van der Waals surface area contributed by atoms with E-state index in [1.54, 1.807) is 18.2 Å². The number of rotatable bonds is 10. The van der Waals surface area contributed by atoms with Gasteiger partial charge in [0.25, 0.3) is 0 Å². The number of quaternary nitrogens is 2. The Morgan fingerprint density at radius 2 is 0.931 bits per heavy atom. The van der Waals surface area contributed by atoms with Gasteiger partial charge in [-0.05, 0) is 67.5 Å². The highest BCUT2D eigenvalue weighted by Gasteiger charge is 2.16. The van der Waals surface area contributed by atoms with Crippen LogP contribution < -0.4 is 14.3 Å². The van der Waals surface area contributed by atoms with Gasteiger partial charge in [-0.1, -0.05) is 18.2 Å². The molecule has 0 spiro atoms. The molecule has 0 bridgehead atoms. The Morgan fingerprint density at radius 1 is 0.655 bits per heavy atom. The molecule has 0 aromatic heterocycles. The number of hydrogen-bond donors (Lipinski definition) is 0. The molecule has 172 valence electrons. The summed E-state index contributed by atoms with van der Waals surface area (Å²) in [6.45, 7) is 28.4. The Hall–Kier alpha value is -0.910. The predicted octanol–water partition coefficient (Wildman–Crippen LogP) is 3.66. The monoisotopic (exact) mass is 432 g/mol. The van der Waals surface area contributed by atoms with Gasteiger partial charge in [0, 0.05) is 0 Å². The summed E-state index contributed by atoms with van der Waals surface area (Å²) in [6.07, 6.45) is 0. The van der Waals surface area contributed by atoms with Gasteiger partial charge in [-0.2, -0.15) is 0 Å². The average Bonchev–Trinajstić information content (AvgIpc) is 2.73. The molecule has 7 heteroatoms. The van der Waals surface area contributed by atoms with Gasteiger partial charge >= 0.3 is 0 Å². The largest absolute Gasteiger partial charge is 0.780 e. The van der Waals surface area contributed by atoms with Gasteiger partial charge in [-0.15, -0.1) is 0 Å².